The van der Waals surface area contributed by atoms with Crippen molar-refractivity contribution in [3.8, 4) is 5.75 Å². The van der Waals surface area contributed by atoms with Crippen LogP contribution in [0.4, 0.5) is 4.79 Å². The third kappa shape index (κ3) is 2.21. The fraction of sp³-hybridized carbons (Fsp3) is 0.167. The van der Waals surface area contributed by atoms with Gasteiger partial charge in [-0.2, -0.15) is 0 Å². The first kappa shape index (κ1) is 13.4. The zero-order valence-electron chi connectivity index (χ0n) is 12.3. The Morgan fingerprint density at radius 3 is 2.43 bits per heavy atom. The highest BCUT2D eigenvalue weighted by Crippen LogP contribution is 2.38. The number of carbonyl (C=O) groups is 1. The second kappa shape index (κ2) is 5.09. The van der Waals surface area contributed by atoms with Crippen LogP contribution in [0.25, 0.3) is 21.5 Å². The van der Waals surface area contributed by atoms with E-state index in [1.807, 2.05) is 37.3 Å². The highest BCUT2D eigenvalue weighted by Gasteiger charge is 2.15. The van der Waals surface area contributed by atoms with Crippen LogP contribution in [0, 0.1) is 13.8 Å². The first-order valence-electron chi connectivity index (χ1n) is 6.79. The summed E-state index contributed by atoms with van der Waals surface area (Å²) in [6.45, 7) is 4.07. The minimum Gasteiger partial charge on any atom is -0.437 e. The number of carbonyl (C=O) groups excluding carboxylic acids is 1. The van der Waals surface area contributed by atoms with Gasteiger partial charge in [-0.1, -0.05) is 36.4 Å². The van der Waals surface area contributed by atoms with Crippen LogP contribution in [0.5, 0.6) is 5.75 Å². The lowest BCUT2D eigenvalue weighted by molar-refractivity contribution is 0.122. The molecule has 3 aromatic carbocycles. The lowest BCUT2D eigenvalue weighted by atomic mass is 9.96. The number of benzene rings is 3. The van der Waals surface area contributed by atoms with Crippen molar-refractivity contribution in [2.75, 3.05) is 7.11 Å². The summed E-state index contributed by atoms with van der Waals surface area (Å²) in [4.78, 5) is 11.6. The highest BCUT2D eigenvalue weighted by molar-refractivity contribution is 6.08. The van der Waals surface area contributed by atoms with Gasteiger partial charge in [0.1, 0.15) is 5.75 Å². The van der Waals surface area contributed by atoms with Crippen LogP contribution in [0.1, 0.15) is 11.1 Å². The van der Waals surface area contributed by atoms with E-state index in [0.29, 0.717) is 5.75 Å². The summed E-state index contributed by atoms with van der Waals surface area (Å²) in [6.07, 6.45) is -0.700. The van der Waals surface area contributed by atoms with Gasteiger partial charge in [0, 0.05) is 10.8 Å². The first-order valence-corrected chi connectivity index (χ1v) is 6.79. The minimum atomic E-state index is -0.700. The van der Waals surface area contributed by atoms with E-state index in [1.165, 1.54) is 7.11 Å². The van der Waals surface area contributed by atoms with Crippen molar-refractivity contribution >= 4 is 27.7 Å². The Morgan fingerprint density at radius 2 is 1.67 bits per heavy atom. The van der Waals surface area contributed by atoms with Crippen LogP contribution in [-0.4, -0.2) is 13.3 Å². The molecule has 21 heavy (non-hydrogen) atoms. The molecule has 0 spiro atoms. The smallest absolute Gasteiger partial charge is 0.437 e. The molecule has 0 atom stereocenters. The SMILES string of the molecule is COC(=O)Oc1c2ccccc2cc2c(C)ccc(C)c12. The summed E-state index contributed by atoms with van der Waals surface area (Å²) in [5, 5.41) is 3.99. The topological polar surface area (TPSA) is 35.5 Å². The number of fused-ring (bicyclic) bond motifs is 2. The molecule has 0 saturated carbocycles. The standard InChI is InChI=1S/C18H16O3/c1-11-8-9-12(2)16-15(11)10-13-6-4-5-7-14(13)17(16)21-18(19)20-3/h4-10H,1-3H3. The van der Waals surface area contributed by atoms with Crippen molar-refractivity contribution in [2.24, 2.45) is 0 Å². The Bertz CT molecular complexity index is 850. The average Bonchev–Trinajstić information content (AvgIpc) is 2.50. The Labute approximate surface area is 123 Å². The average molecular weight is 280 g/mol. The van der Waals surface area contributed by atoms with Gasteiger partial charge in [0.2, 0.25) is 0 Å². The maximum Gasteiger partial charge on any atom is 0.513 e. The number of methoxy groups -OCH3 is 1. The summed E-state index contributed by atoms with van der Waals surface area (Å²) >= 11 is 0. The zero-order valence-corrected chi connectivity index (χ0v) is 12.3. The molecule has 0 saturated heterocycles. The molecule has 0 N–H and O–H groups in total. The van der Waals surface area contributed by atoms with E-state index in [9.17, 15) is 4.79 Å². The summed E-state index contributed by atoms with van der Waals surface area (Å²) < 4.78 is 10.1. The predicted molar refractivity (Wildman–Crippen MR) is 84.0 cm³/mol. The predicted octanol–water partition coefficient (Wildman–Crippen LogP) is 4.76. The van der Waals surface area contributed by atoms with E-state index in [0.717, 1.165) is 32.7 Å². The van der Waals surface area contributed by atoms with Gasteiger partial charge in [-0.3, -0.25) is 0 Å². The molecule has 106 valence electrons. The maximum atomic E-state index is 11.6. The Balaban J connectivity index is 2.46. The molecule has 0 aliphatic heterocycles. The summed E-state index contributed by atoms with van der Waals surface area (Å²) in [6, 6.07) is 14.1. The monoisotopic (exact) mass is 280 g/mol. The minimum absolute atomic E-state index is 0.566. The van der Waals surface area contributed by atoms with Gasteiger partial charge in [-0.25, -0.2) is 4.79 Å². The van der Waals surface area contributed by atoms with Crippen molar-refractivity contribution < 1.29 is 14.3 Å². The normalized spacial score (nSPS) is 10.8. The van der Waals surface area contributed by atoms with Crippen molar-refractivity contribution in [3.05, 3.63) is 53.6 Å². The molecule has 0 bridgehead atoms. The molecular formula is C18H16O3. The fourth-order valence-corrected chi connectivity index (χ4v) is 2.67. The fourth-order valence-electron chi connectivity index (χ4n) is 2.67. The van der Waals surface area contributed by atoms with Gasteiger partial charge in [-0.15, -0.1) is 0 Å². The molecule has 0 aliphatic rings. The maximum absolute atomic E-state index is 11.6. The lowest BCUT2D eigenvalue weighted by Crippen LogP contribution is -2.08. The molecule has 0 aromatic heterocycles. The molecule has 0 aliphatic carbocycles. The Kier molecular flexibility index (Phi) is 3.26. The quantitative estimate of drug-likeness (QED) is 0.366. The second-order valence-electron chi connectivity index (χ2n) is 5.10. The van der Waals surface area contributed by atoms with Crippen molar-refractivity contribution in [2.45, 2.75) is 13.8 Å². The van der Waals surface area contributed by atoms with Gasteiger partial charge < -0.3 is 9.47 Å². The third-order valence-electron chi connectivity index (χ3n) is 3.76. The summed E-state index contributed by atoms with van der Waals surface area (Å²) in [5.41, 5.74) is 2.22. The molecule has 3 aromatic rings. The van der Waals surface area contributed by atoms with E-state index in [2.05, 4.69) is 23.8 Å². The number of aryl methyl sites for hydroxylation is 2. The molecule has 3 heteroatoms. The third-order valence-corrected chi connectivity index (χ3v) is 3.76. The van der Waals surface area contributed by atoms with Crippen LogP contribution in [0.15, 0.2) is 42.5 Å². The molecular weight excluding hydrogens is 264 g/mol. The van der Waals surface area contributed by atoms with Gasteiger partial charge in [0.15, 0.2) is 0 Å². The Morgan fingerprint density at radius 1 is 0.952 bits per heavy atom. The van der Waals surface area contributed by atoms with Gasteiger partial charge in [0.05, 0.1) is 7.11 Å². The van der Waals surface area contributed by atoms with Gasteiger partial charge in [0.25, 0.3) is 0 Å². The van der Waals surface area contributed by atoms with E-state index in [-0.39, 0.29) is 0 Å². The van der Waals surface area contributed by atoms with Crippen LogP contribution >= 0.6 is 0 Å². The number of hydrogen-bond donors (Lipinski definition) is 0. The summed E-state index contributed by atoms with van der Waals surface area (Å²) in [7, 11) is 1.31. The molecule has 0 radical (unpaired) electrons. The van der Waals surface area contributed by atoms with Crippen LogP contribution < -0.4 is 4.74 Å². The van der Waals surface area contributed by atoms with E-state index >= 15 is 0 Å². The number of rotatable bonds is 1. The van der Waals surface area contributed by atoms with Gasteiger partial charge in [-0.05, 0) is 41.8 Å². The van der Waals surface area contributed by atoms with Crippen LogP contribution in [-0.2, 0) is 4.74 Å². The zero-order chi connectivity index (χ0) is 15.0. The Hall–Kier alpha value is -2.55. The van der Waals surface area contributed by atoms with E-state index < -0.39 is 6.16 Å². The molecule has 0 heterocycles. The lowest BCUT2D eigenvalue weighted by Gasteiger charge is -2.14. The number of hydrogen-bond acceptors (Lipinski definition) is 3. The van der Waals surface area contributed by atoms with Crippen LogP contribution in [0.2, 0.25) is 0 Å². The molecule has 3 rings (SSSR count). The van der Waals surface area contributed by atoms with E-state index in [1.54, 1.807) is 0 Å². The van der Waals surface area contributed by atoms with Crippen molar-refractivity contribution in [1.29, 1.82) is 0 Å². The highest BCUT2D eigenvalue weighted by atomic mass is 16.7. The largest absolute Gasteiger partial charge is 0.513 e. The number of ether oxygens (including phenoxy) is 2. The molecule has 0 fully saturated rings. The molecule has 0 amide bonds. The summed E-state index contributed by atoms with van der Waals surface area (Å²) in [5.74, 6) is 0.566. The van der Waals surface area contributed by atoms with E-state index in [4.69, 9.17) is 4.74 Å². The van der Waals surface area contributed by atoms with Crippen molar-refractivity contribution in [3.63, 3.8) is 0 Å². The molecule has 0 unspecified atom stereocenters. The van der Waals surface area contributed by atoms with Gasteiger partial charge >= 0.3 is 6.16 Å². The van der Waals surface area contributed by atoms with Crippen LogP contribution in [0.3, 0.4) is 0 Å². The first-order chi connectivity index (χ1) is 10.1. The van der Waals surface area contributed by atoms with Crippen molar-refractivity contribution in [1.82, 2.24) is 0 Å². The second-order valence-corrected chi connectivity index (χ2v) is 5.10. The molecule has 3 nitrogen and oxygen atoms in total.